The fourth-order valence-electron chi connectivity index (χ4n) is 3.54. The van der Waals surface area contributed by atoms with Crippen LogP contribution in [0.1, 0.15) is 5.56 Å². The van der Waals surface area contributed by atoms with Crippen LogP contribution in [0.15, 0.2) is 67.0 Å². The van der Waals surface area contributed by atoms with E-state index in [-0.39, 0.29) is 0 Å². The Labute approximate surface area is 180 Å². The Kier molecular flexibility index (Phi) is 5.14. The lowest BCUT2D eigenvalue weighted by atomic mass is 10.1. The molecule has 0 amide bonds. The van der Waals surface area contributed by atoms with Crippen molar-refractivity contribution in [1.29, 1.82) is 0 Å². The van der Waals surface area contributed by atoms with Gasteiger partial charge in [0.15, 0.2) is 5.75 Å². The van der Waals surface area contributed by atoms with Gasteiger partial charge in [0, 0.05) is 12.2 Å². The number of ether oxygens (including phenoxy) is 3. The quantitative estimate of drug-likeness (QED) is 0.471. The Morgan fingerprint density at radius 3 is 2.81 bits per heavy atom. The summed E-state index contributed by atoms with van der Waals surface area (Å²) in [6.07, 6.45) is 1.55. The van der Waals surface area contributed by atoms with Crippen molar-refractivity contribution in [2.24, 2.45) is 0 Å². The average molecular weight is 414 g/mol. The lowest BCUT2D eigenvalue weighted by Gasteiger charge is -2.21. The number of hydrogen-bond acceptors (Lipinski definition) is 7. The molecular weight excluding hydrogens is 392 g/mol. The number of rotatable bonds is 6. The van der Waals surface area contributed by atoms with Crippen LogP contribution in [0.25, 0.3) is 10.9 Å². The summed E-state index contributed by atoms with van der Waals surface area (Å²) in [5.74, 6) is 3.09. The van der Waals surface area contributed by atoms with Crippen molar-refractivity contribution >= 4 is 28.1 Å². The zero-order chi connectivity index (χ0) is 21.0. The molecular formula is C24H22N4O3. The van der Waals surface area contributed by atoms with E-state index in [0.29, 0.717) is 19.0 Å². The van der Waals surface area contributed by atoms with Gasteiger partial charge in [-0.1, -0.05) is 12.1 Å². The van der Waals surface area contributed by atoms with E-state index in [0.717, 1.165) is 51.6 Å². The minimum atomic E-state index is 0.469. The van der Waals surface area contributed by atoms with Crippen molar-refractivity contribution in [1.82, 2.24) is 9.97 Å². The van der Waals surface area contributed by atoms with Crippen LogP contribution in [0.2, 0.25) is 0 Å². The number of nitrogens with one attached hydrogen (secondary N) is 2. The summed E-state index contributed by atoms with van der Waals surface area (Å²) in [7, 11) is 1.66. The molecule has 2 heterocycles. The molecule has 1 aliphatic heterocycles. The maximum absolute atomic E-state index is 5.91. The molecule has 7 nitrogen and oxygen atoms in total. The zero-order valence-electron chi connectivity index (χ0n) is 17.1. The highest BCUT2D eigenvalue weighted by Gasteiger charge is 2.17. The van der Waals surface area contributed by atoms with Crippen molar-refractivity contribution < 1.29 is 14.2 Å². The molecule has 0 aliphatic carbocycles. The van der Waals surface area contributed by atoms with E-state index >= 15 is 0 Å². The number of fused-ring (bicyclic) bond motifs is 3. The highest BCUT2D eigenvalue weighted by molar-refractivity contribution is 5.99. The summed E-state index contributed by atoms with van der Waals surface area (Å²) < 4.78 is 17.1. The first kappa shape index (κ1) is 19.0. The third-order valence-electron chi connectivity index (χ3n) is 5.08. The first-order valence-electron chi connectivity index (χ1n) is 10.1. The topological polar surface area (TPSA) is 77.5 Å². The van der Waals surface area contributed by atoms with Crippen molar-refractivity contribution in [2.75, 3.05) is 30.9 Å². The molecule has 0 radical (unpaired) electrons. The van der Waals surface area contributed by atoms with Crippen LogP contribution >= 0.6 is 0 Å². The molecule has 0 unspecified atom stereocenters. The molecule has 0 fully saturated rings. The van der Waals surface area contributed by atoms with E-state index in [9.17, 15) is 0 Å². The molecule has 0 spiro atoms. The molecule has 4 aromatic rings. The van der Waals surface area contributed by atoms with E-state index in [1.165, 1.54) is 0 Å². The maximum atomic E-state index is 5.91. The average Bonchev–Trinajstić information content (AvgIpc) is 2.83. The highest BCUT2D eigenvalue weighted by atomic mass is 16.5. The van der Waals surface area contributed by atoms with Crippen LogP contribution in [-0.2, 0) is 6.61 Å². The number of hydrogen-bond donors (Lipinski definition) is 2. The van der Waals surface area contributed by atoms with E-state index in [4.69, 9.17) is 14.2 Å². The smallest absolute Gasteiger partial charge is 0.155 e. The standard InChI is InChI=1S/C24H22N4O3/c1-29-19-4-2-3-16(13-19)14-31-18-7-5-17(6-8-18)28-24-22-20(26-15-27-24)9-10-21-23(22)30-12-11-25-21/h2-10,13,15,25H,11-12,14H2,1H3,(H,26,27,28). The van der Waals surface area contributed by atoms with E-state index in [1.54, 1.807) is 13.4 Å². The van der Waals surface area contributed by atoms with Crippen LogP contribution in [0.5, 0.6) is 17.2 Å². The highest BCUT2D eigenvalue weighted by Crippen LogP contribution is 2.39. The van der Waals surface area contributed by atoms with E-state index in [1.807, 2.05) is 60.7 Å². The van der Waals surface area contributed by atoms with Gasteiger partial charge in [-0.25, -0.2) is 9.97 Å². The van der Waals surface area contributed by atoms with Crippen molar-refractivity contribution in [2.45, 2.75) is 6.61 Å². The summed E-state index contributed by atoms with van der Waals surface area (Å²) in [4.78, 5) is 8.84. The summed E-state index contributed by atoms with van der Waals surface area (Å²) in [6, 6.07) is 19.6. The Bertz CT molecular complexity index is 1210. The van der Waals surface area contributed by atoms with Crippen LogP contribution in [0, 0.1) is 0 Å². The SMILES string of the molecule is COc1cccc(COc2ccc(Nc3ncnc4ccc5c(c34)OCCN5)cc2)c1. The Hall–Kier alpha value is -4.00. The molecule has 0 saturated heterocycles. The van der Waals surface area contributed by atoms with Crippen molar-refractivity contribution in [3.05, 3.63) is 72.6 Å². The lowest BCUT2D eigenvalue weighted by Crippen LogP contribution is -2.18. The molecule has 5 rings (SSSR count). The molecule has 156 valence electrons. The van der Waals surface area contributed by atoms with Gasteiger partial charge in [-0.3, -0.25) is 0 Å². The van der Waals surface area contributed by atoms with Crippen molar-refractivity contribution in [3.63, 3.8) is 0 Å². The zero-order valence-corrected chi connectivity index (χ0v) is 17.1. The maximum Gasteiger partial charge on any atom is 0.155 e. The van der Waals surface area contributed by atoms with Gasteiger partial charge in [-0.15, -0.1) is 0 Å². The van der Waals surface area contributed by atoms with Gasteiger partial charge in [0.1, 0.15) is 36.9 Å². The largest absolute Gasteiger partial charge is 0.497 e. The number of benzene rings is 3. The van der Waals surface area contributed by atoms with Gasteiger partial charge >= 0.3 is 0 Å². The first-order valence-corrected chi connectivity index (χ1v) is 10.1. The molecule has 7 heteroatoms. The third-order valence-corrected chi connectivity index (χ3v) is 5.08. The normalized spacial score (nSPS) is 12.4. The van der Waals surface area contributed by atoms with Gasteiger partial charge in [0.25, 0.3) is 0 Å². The molecule has 1 aliphatic rings. The van der Waals surface area contributed by atoms with Gasteiger partial charge < -0.3 is 24.8 Å². The monoisotopic (exact) mass is 414 g/mol. The third kappa shape index (κ3) is 4.02. The predicted molar refractivity (Wildman–Crippen MR) is 121 cm³/mol. The molecule has 1 aromatic heterocycles. The van der Waals surface area contributed by atoms with E-state index < -0.39 is 0 Å². The summed E-state index contributed by atoms with van der Waals surface area (Å²) >= 11 is 0. The Morgan fingerprint density at radius 1 is 1.03 bits per heavy atom. The fourth-order valence-corrected chi connectivity index (χ4v) is 3.54. The fraction of sp³-hybridized carbons (Fsp3) is 0.167. The second kappa shape index (κ2) is 8.39. The van der Waals surface area contributed by atoms with Gasteiger partial charge in [0.05, 0.1) is 23.7 Å². The summed E-state index contributed by atoms with van der Waals surface area (Å²) in [6.45, 7) is 1.86. The number of aromatic nitrogens is 2. The second-order valence-electron chi connectivity index (χ2n) is 7.12. The van der Waals surface area contributed by atoms with Gasteiger partial charge in [-0.05, 0) is 54.1 Å². The minimum absolute atomic E-state index is 0.469. The Morgan fingerprint density at radius 2 is 1.94 bits per heavy atom. The molecule has 0 atom stereocenters. The number of anilines is 3. The van der Waals surface area contributed by atoms with Crippen LogP contribution < -0.4 is 24.8 Å². The molecule has 0 bridgehead atoms. The molecule has 3 aromatic carbocycles. The second-order valence-corrected chi connectivity index (χ2v) is 7.12. The van der Waals surface area contributed by atoms with Crippen molar-refractivity contribution in [3.8, 4) is 17.2 Å². The van der Waals surface area contributed by atoms with E-state index in [2.05, 4.69) is 20.6 Å². The van der Waals surface area contributed by atoms with Gasteiger partial charge in [0.2, 0.25) is 0 Å². The lowest BCUT2D eigenvalue weighted by molar-refractivity contribution is 0.305. The van der Waals surface area contributed by atoms with Crippen LogP contribution in [-0.4, -0.2) is 30.2 Å². The number of methoxy groups -OCH3 is 1. The summed E-state index contributed by atoms with van der Waals surface area (Å²) in [5.41, 5.74) is 3.73. The predicted octanol–water partition coefficient (Wildman–Crippen LogP) is 4.77. The minimum Gasteiger partial charge on any atom is -0.497 e. The summed E-state index contributed by atoms with van der Waals surface area (Å²) in [5, 5.41) is 7.60. The van der Waals surface area contributed by atoms with Crippen LogP contribution in [0.4, 0.5) is 17.2 Å². The Balaban J connectivity index is 1.33. The first-order chi connectivity index (χ1) is 15.3. The number of nitrogens with zero attached hydrogens (tertiary/aromatic N) is 2. The van der Waals surface area contributed by atoms with Gasteiger partial charge in [-0.2, -0.15) is 0 Å². The van der Waals surface area contributed by atoms with Crippen LogP contribution in [0.3, 0.4) is 0 Å². The molecule has 31 heavy (non-hydrogen) atoms. The molecule has 2 N–H and O–H groups in total. The molecule has 0 saturated carbocycles.